The van der Waals surface area contributed by atoms with Gasteiger partial charge in [-0.25, -0.2) is 4.98 Å². The van der Waals surface area contributed by atoms with Crippen molar-refractivity contribution in [3.05, 3.63) is 58.4 Å². The average Bonchev–Trinajstić information content (AvgIpc) is 2.98. The van der Waals surface area contributed by atoms with Crippen LogP contribution in [0.3, 0.4) is 0 Å². The van der Waals surface area contributed by atoms with Crippen molar-refractivity contribution in [3.63, 3.8) is 0 Å². The summed E-state index contributed by atoms with van der Waals surface area (Å²) >= 11 is 1.60. The second-order valence-electron chi connectivity index (χ2n) is 4.43. The number of nitrogens with two attached hydrogens (primary N) is 1. The summed E-state index contributed by atoms with van der Waals surface area (Å²) in [6, 6.07) is 11.4. The molecule has 0 bridgehead atoms. The van der Waals surface area contributed by atoms with E-state index in [0.717, 1.165) is 16.3 Å². The Bertz CT molecular complexity index is 753. The van der Waals surface area contributed by atoms with Crippen LogP contribution in [0.1, 0.15) is 16.1 Å². The van der Waals surface area contributed by atoms with Crippen LogP contribution in [-0.4, -0.2) is 10.9 Å². The second-order valence-corrected chi connectivity index (χ2v) is 5.21. The molecule has 1 aromatic carbocycles. The third-order valence-corrected chi connectivity index (χ3v) is 3.77. The number of rotatable bonds is 3. The number of amides is 1. The maximum Gasteiger partial charge on any atom is 0.270 e. The first-order valence-corrected chi connectivity index (χ1v) is 7.13. The van der Waals surface area contributed by atoms with Crippen molar-refractivity contribution in [2.24, 2.45) is 0 Å². The number of carbonyl (C=O) groups excluding carboxylic acids is 1. The van der Waals surface area contributed by atoms with Crippen molar-refractivity contribution in [2.45, 2.75) is 6.54 Å². The summed E-state index contributed by atoms with van der Waals surface area (Å²) in [7, 11) is 0. The molecule has 0 saturated carbocycles. The predicted molar refractivity (Wildman–Crippen MR) is 81.6 cm³/mol. The number of anilines is 1. The molecule has 0 aliphatic rings. The summed E-state index contributed by atoms with van der Waals surface area (Å²) in [5, 5.41) is 8.61. The Balaban J connectivity index is 1.84. The van der Waals surface area contributed by atoms with Crippen LogP contribution < -0.4 is 11.1 Å². The highest BCUT2D eigenvalue weighted by Crippen LogP contribution is 2.20. The molecule has 0 radical (unpaired) electrons. The zero-order valence-corrected chi connectivity index (χ0v) is 11.5. The molecule has 0 aliphatic carbocycles. The van der Waals surface area contributed by atoms with E-state index in [-0.39, 0.29) is 5.91 Å². The summed E-state index contributed by atoms with van der Waals surface area (Å²) in [6.07, 6.45) is 0. The fourth-order valence-electron chi connectivity index (χ4n) is 2.01. The number of fused-ring (bicyclic) bond motifs is 1. The van der Waals surface area contributed by atoms with Crippen LogP contribution >= 0.6 is 11.3 Å². The highest BCUT2D eigenvalue weighted by molar-refractivity contribution is 7.07. The predicted octanol–water partition coefficient (Wildman–Crippen LogP) is 2.81. The molecule has 3 aromatic rings. The first kappa shape index (κ1) is 12.6. The number of benzene rings is 1. The van der Waals surface area contributed by atoms with Gasteiger partial charge in [0.15, 0.2) is 0 Å². The van der Waals surface area contributed by atoms with E-state index in [4.69, 9.17) is 5.73 Å². The summed E-state index contributed by atoms with van der Waals surface area (Å²) < 4.78 is 0. The van der Waals surface area contributed by atoms with Crippen LogP contribution in [0.25, 0.3) is 10.8 Å². The Morgan fingerprint density at radius 3 is 2.95 bits per heavy atom. The number of carbonyl (C=O) groups is 1. The van der Waals surface area contributed by atoms with E-state index in [0.29, 0.717) is 18.1 Å². The van der Waals surface area contributed by atoms with Gasteiger partial charge in [-0.05, 0) is 33.8 Å². The SMILES string of the molecule is Nc1nc(C(=O)NCc2ccsc2)cc2ccccc12. The number of hydrogen-bond donors (Lipinski definition) is 2. The van der Waals surface area contributed by atoms with E-state index in [2.05, 4.69) is 10.3 Å². The molecule has 100 valence electrons. The van der Waals surface area contributed by atoms with Gasteiger partial charge in [0.05, 0.1) is 0 Å². The third kappa shape index (κ3) is 2.48. The normalized spacial score (nSPS) is 10.6. The Kier molecular flexibility index (Phi) is 3.35. The molecule has 1 amide bonds. The quantitative estimate of drug-likeness (QED) is 0.776. The molecule has 0 unspecified atom stereocenters. The number of nitrogens with zero attached hydrogens (tertiary/aromatic N) is 1. The topological polar surface area (TPSA) is 68.0 Å². The van der Waals surface area contributed by atoms with Gasteiger partial charge in [0, 0.05) is 11.9 Å². The van der Waals surface area contributed by atoms with Crippen LogP contribution in [0.2, 0.25) is 0 Å². The molecule has 2 aromatic heterocycles. The molecular formula is C15H13N3OS. The standard InChI is InChI=1S/C15H13N3OS/c16-14-12-4-2-1-3-11(12)7-13(18-14)15(19)17-8-10-5-6-20-9-10/h1-7,9H,8H2,(H2,16,18)(H,17,19). The minimum atomic E-state index is -0.214. The number of nitrogens with one attached hydrogen (secondary N) is 1. The number of thiophene rings is 1. The van der Waals surface area contributed by atoms with Crippen LogP contribution in [0.5, 0.6) is 0 Å². The fraction of sp³-hybridized carbons (Fsp3) is 0.0667. The average molecular weight is 283 g/mol. The zero-order chi connectivity index (χ0) is 13.9. The lowest BCUT2D eigenvalue weighted by Crippen LogP contribution is -2.23. The van der Waals surface area contributed by atoms with Gasteiger partial charge in [-0.2, -0.15) is 11.3 Å². The molecule has 3 rings (SSSR count). The molecule has 0 spiro atoms. The lowest BCUT2D eigenvalue weighted by Gasteiger charge is -2.07. The molecule has 5 heteroatoms. The summed E-state index contributed by atoms with van der Waals surface area (Å²) in [4.78, 5) is 16.3. The third-order valence-electron chi connectivity index (χ3n) is 3.04. The van der Waals surface area contributed by atoms with Gasteiger partial charge in [-0.15, -0.1) is 0 Å². The van der Waals surface area contributed by atoms with Crippen molar-refractivity contribution in [3.8, 4) is 0 Å². The van der Waals surface area contributed by atoms with Crippen molar-refractivity contribution in [1.82, 2.24) is 10.3 Å². The highest BCUT2D eigenvalue weighted by Gasteiger charge is 2.10. The molecule has 0 aliphatic heterocycles. The fourth-order valence-corrected chi connectivity index (χ4v) is 2.68. The molecule has 4 nitrogen and oxygen atoms in total. The highest BCUT2D eigenvalue weighted by atomic mass is 32.1. The van der Waals surface area contributed by atoms with E-state index in [1.54, 1.807) is 17.4 Å². The zero-order valence-electron chi connectivity index (χ0n) is 10.7. The van der Waals surface area contributed by atoms with E-state index < -0.39 is 0 Å². The first-order valence-electron chi connectivity index (χ1n) is 6.18. The van der Waals surface area contributed by atoms with Crippen molar-refractivity contribution < 1.29 is 4.79 Å². The van der Waals surface area contributed by atoms with Gasteiger partial charge in [0.2, 0.25) is 0 Å². The largest absolute Gasteiger partial charge is 0.383 e. The molecular weight excluding hydrogens is 270 g/mol. The Labute approximate surface area is 120 Å². The Morgan fingerprint density at radius 1 is 1.30 bits per heavy atom. The van der Waals surface area contributed by atoms with Crippen molar-refractivity contribution in [2.75, 3.05) is 5.73 Å². The van der Waals surface area contributed by atoms with Crippen LogP contribution in [0.15, 0.2) is 47.2 Å². The van der Waals surface area contributed by atoms with E-state index in [1.165, 1.54) is 0 Å². The van der Waals surface area contributed by atoms with E-state index in [1.807, 2.05) is 41.1 Å². The lowest BCUT2D eigenvalue weighted by atomic mass is 10.1. The molecule has 0 fully saturated rings. The van der Waals surface area contributed by atoms with Crippen LogP contribution in [0, 0.1) is 0 Å². The van der Waals surface area contributed by atoms with Gasteiger partial charge in [0.25, 0.3) is 5.91 Å². The Morgan fingerprint density at radius 2 is 2.15 bits per heavy atom. The van der Waals surface area contributed by atoms with Gasteiger partial charge in [-0.3, -0.25) is 4.79 Å². The number of pyridine rings is 1. The van der Waals surface area contributed by atoms with Crippen molar-refractivity contribution >= 4 is 33.8 Å². The molecule has 20 heavy (non-hydrogen) atoms. The minimum Gasteiger partial charge on any atom is -0.383 e. The summed E-state index contributed by atoms with van der Waals surface area (Å²) in [5.41, 5.74) is 7.32. The maximum absolute atomic E-state index is 12.1. The summed E-state index contributed by atoms with van der Waals surface area (Å²) in [6.45, 7) is 0.497. The molecule has 0 atom stereocenters. The number of nitrogen functional groups attached to an aromatic ring is 1. The molecule has 2 heterocycles. The van der Waals surface area contributed by atoms with Gasteiger partial charge in [0.1, 0.15) is 11.5 Å². The first-order chi connectivity index (χ1) is 9.74. The van der Waals surface area contributed by atoms with Gasteiger partial charge >= 0.3 is 0 Å². The van der Waals surface area contributed by atoms with Crippen LogP contribution in [-0.2, 0) is 6.54 Å². The Hall–Kier alpha value is -2.40. The van der Waals surface area contributed by atoms with E-state index in [9.17, 15) is 4.79 Å². The maximum atomic E-state index is 12.1. The van der Waals surface area contributed by atoms with E-state index >= 15 is 0 Å². The number of aromatic nitrogens is 1. The lowest BCUT2D eigenvalue weighted by molar-refractivity contribution is 0.0946. The monoisotopic (exact) mass is 283 g/mol. The van der Waals surface area contributed by atoms with Gasteiger partial charge in [-0.1, -0.05) is 24.3 Å². The molecule has 0 saturated heterocycles. The van der Waals surface area contributed by atoms with Gasteiger partial charge < -0.3 is 11.1 Å². The molecule has 3 N–H and O–H groups in total. The van der Waals surface area contributed by atoms with Crippen LogP contribution in [0.4, 0.5) is 5.82 Å². The van der Waals surface area contributed by atoms with Crippen molar-refractivity contribution in [1.29, 1.82) is 0 Å². The smallest absolute Gasteiger partial charge is 0.270 e. The minimum absolute atomic E-state index is 0.214. The number of hydrogen-bond acceptors (Lipinski definition) is 4. The second kappa shape index (κ2) is 5.30. The summed E-state index contributed by atoms with van der Waals surface area (Å²) in [5.74, 6) is 0.164.